The number of imidazole rings is 2. The standard InChI is InChI=1S/2C14H17N5O2.CH4O.Ac/c2*1-4-14(5-2)8(3)10(20)13(21-14)19-7-18-9-11(15)16-6-17-12(9)19;1-2;/h2*1,6-8,10,13,20H,5H2,2-3H3,(H2,15,16,17);2H,1H3;/t2*8?,10?,13-,14-;;/m11../s1. The van der Waals surface area contributed by atoms with Crippen molar-refractivity contribution in [3.8, 4) is 24.7 Å². The normalized spacial score (nSPS) is 30.4. The van der Waals surface area contributed by atoms with E-state index in [0.29, 0.717) is 35.2 Å². The summed E-state index contributed by atoms with van der Waals surface area (Å²) in [5.74, 6) is 5.55. The number of hydrogen-bond acceptors (Lipinski definition) is 13. The summed E-state index contributed by atoms with van der Waals surface area (Å²) in [6.45, 7) is 7.66. The molecule has 4 aromatic rings. The number of fused-ring (bicyclic) bond motifs is 2. The van der Waals surface area contributed by atoms with E-state index in [9.17, 15) is 10.2 Å². The minimum atomic E-state index is -0.792. The van der Waals surface area contributed by atoms with Gasteiger partial charge in [-0.15, -0.1) is 12.8 Å². The van der Waals surface area contributed by atoms with Gasteiger partial charge in [-0.1, -0.05) is 39.5 Å². The predicted octanol–water partition coefficient (Wildman–Crippen LogP) is 1.04. The van der Waals surface area contributed by atoms with Crippen molar-refractivity contribution >= 4 is 34.0 Å². The second-order valence-corrected chi connectivity index (χ2v) is 10.5. The Morgan fingerprint density at radius 3 is 1.40 bits per heavy atom. The van der Waals surface area contributed by atoms with Crippen molar-refractivity contribution in [2.45, 2.75) is 76.4 Å². The van der Waals surface area contributed by atoms with Crippen LogP contribution in [0.15, 0.2) is 25.3 Å². The number of ether oxygens (including phenoxy) is 2. The topological polar surface area (TPSA) is 218 Å². The summed E-state index contributed by atoms with van der Waals surface area (Å²) in [6.07, 6.45) is 15.5. The number of nitrogens with zero attached hydrogens (tertiary/aromatic N) is 8. The van der Waals surface area contributed by atoms with Crippen molar-refractivity contribution in [3.05, 3.63) is 25.3 Å². The van der Waals surface area contributed by atoms with E-state index in [0.717, 1.165) is 7.11 Å². The van der Waals surface area contributed by atoms with Crippen LogP contribution >= 0.6 is 0 Å². The van der Waals surface area contributed by atoms with Gasteiger partial charge >= 0.3 is 0 Å². The van der Waals surface area contributed by atoms with Crippen LogP contribution in [0.2, 0.25) is 0 Å². The smallest absolute Gasteiger partial charge is 0.167 e. The van der Waals surface area contributed by atoms with Crippen LogP contribution in [-0.2, 0) is 9.47 Å². The molecule has 7 N–H and O–H groups in total. The van der Waals surface area contributed by atoms with E-state index in [1.807, 2.05) is 27.7 Å². The number of nitrogen functional groups attached to an aromatic ring is 2. The molecule has 6 heterocycles. The maximum absolute atomic E-state index is 10.5. The number of anilines is 2. The van der Waals surface area contributed by atoms with Crippen molar-refractivity contribution in [3.63, 3.8) is 0 Å². The van der Waals surface area contributed by atoms with Gasteiger partial charge in [-0.2, -0.15) is 0 Å². The first-order valence-electron chi connectivity index (χ1n) is 14.1. The SMILES string of the molecule is C#C[C@]1(CC)O[C@@H](n2cnc3c(N)ncnc32)C(O)C1C.C#C[C@]1(CC)O[C@@H](n2cnc3c(N)ncnc32)C(O)C1C.CO.[Ac]. The van der Waals surface area contributed by atoms with Crippen molar-refractivity contribution in [1.29, 1.82) is 0 Å². The number of aromatic nitrogens is 8. The molecule has 2 aliphatic heterocycles. The fourth-order valence-corrected chi connectivity index (χ4v) is 5.73. The summed E-state index contributed by atoms with van der Waals surface area (Å²) in [6, 6.07) is 0. The molecular formula is C29H38AcN10O5. The summed E-state index contributed by atoms with van der Waals surface area (Å²) < 4.78 is 15.3. The van der Waals surface area contributed by atoms with Crippen LogP contribution in [0.25, 0.3) is 22.3 Å². The molecule has 6 rings (SSSR count). The molecule has 16 heteroatoms. The van der Waals surface area contributed by atoms with E-state index in [-0.39, 0.29) is 67.5 Å². The maximum atomic E-state index is 10.5. The van der Waals surface area contributed by atoms with Gasteiger partial charge in [0.05, 0.1) is 12.7 Å². The molecule has 0 saturated carbocycles. The Labute approximate surface area is 296 Å². The van der Waals surface area contributed by atoms with Gasteiger partial charge in [0.25, 0.3) is 0 Å². The third-order valence-corrected chi connectivity index (χ3v) is 8.60. The zero-order valence-electron chi connectivity index (χ0n) is 25.8. The molecule has 0 bridgehead atoms. The molecule has 0 spiro atoms. The van der Waals surface area contributed by atoms with Crippen LogP contribution in [0, 0.1) is 80.6 Å². The molecule has 1 radical (unpaired) electrons. The van der Waals surface area contributed by atoms with Gasteiger partial charge < -0.3 is 36.3 Å². The summed E-state index contributed by atoms with van der Waals surface area (Å²) in [4.78, 5) is 24.5. The molecule has 0 aliphatic carbocycles. The average Bonchev–Trinajstić information content (AvgIpc) is 3.80. The molecule has 15 nitrogen and oxygen atoms in total. The Kier molecular flexibility index (Phi) is 11.9. The summed E-state index contributed by atoms with van der Waals surface area (Å²) in [5.41, 5.74) is 12.0. The Balaban J connectivity index is 0.000000228. The van der Waals surface area contributed by atoms with Crippen molar-refractivity contribution in [1.82, 2.24) is 39.0 Å². The van der Waals surface area contributed by atoms with E-state index >= 15 is 0 Å². The summed E-state index contributed by atoms with van der Waals surface area (Å²) >= 11 is 0. The van der Waals surface area contributed by atoms with Crippen molar-refractivity contribution in [2.24, 2.45) is 11.8 Å². The van der Waals surface area contributed by atoms with Crippen molar-refractivity contribution in [2.75, 3.05) is 18.6 Å². The number of nitrogens with two attached hydrogens (primary N) is 2. The Hall–Kier alpha value is -2.94. The minimum Gasteiger partial charge on any atom is -0.400 e. The third kappa shape index (κ3) is 6.13. The van der Waals surface area contributed by atoms with E-state index in [2.05, 4.69) is 41.7 Å². The molecule has 4 unspecified atom stereocenters. The number of terminal acetylenes is 2. The van der Waals surface area contributed by atoms with Gasteiger partial charge in [0.15, 0.2) is 35.4 Å². The van der Waals surface area contributed by atoms with Gasteiger partial charge in [0.1, 0.15) is 47.1 Å². The first-order valence-corrected chi connectivity index (χ1v) is 14.1. The predicted molar refractivity (Wildman–Crippen MR) is 162 cm³/mol. The largest absolute Gasteiger partial charge is 0.400 e. The van der Waals surface area contributed by atoms with Gasteiger partial charge in [-0.3, -0.25) is 9.13 Å². The Bertz CT molecular complexity index is 1580. The zero-order valence-corrected chi connectivity index (χ0v) is 30.6. The first-order chi connectivity index (χ1) is 21.1. The second-order valence-electron chi connectivity index (χ2n) is 10.5. The molecule has 0 aromatic carbocycles. The van der Waals surface area contributed by atoms with Crippen LogP contribution in [0.3, 0.4) is 0 Å². The molecular weight excluding hydrogens is 795 g/mol. The number of hydrogen-bond donors (Lipinski definition) is 5. The molecule has 8 atom stereocenters. The monoisotopic (exact) mass is 833 g/mol. The fourth-order valence-electron chi connectivity index (χ4n) is 5.73. The first kappa shape index (κ1) is 36.5. The van der Waals surface area contributed by atoms with Crippen LogP contribution < -0.4 is 11.5 Å². The molecule has 0 amide bonds. The Morgan fingerprint density at radius 1 is 0.756 bits per heavy atom. The molecule has 2 fully saturated rings. The third-order valence-electron chi connectivity index (χ3n) is 8.60. The number of aliphatic hydroxyl groups is 3. The van der Waals surface area contributed by atoms with Gasteiger partial charge in [-0.05, 0) is 12.8 Å². The molecule has 2 saturated heterocycles. The molecule has 237 valence electrons. The van der Waals surface area contributed by atoms with Crippen LogP contribution in [0.5, 0.6) is 0 Å². The summed E-state index contributed by atoms with van der Waals surface area (Å²) in [7, 11) is 1.00. The van der Waals surface area contributed by atoms with Crippen LogP contribution in [-0.4, -0.2) is 84.9 Å². The van der Waals surface area contributed by atoms with Gasteiger partial charge in [-0.25, -0.2) is 29.9 Å². The summed E-state index contributed by atoms with van der Waals surface area (Å²) in [5, 5.41) is 28.0. The molecule has 2 aliphatic rings. The molecule has 45 heavy (non-hydrogen) atoms. The number of rotatable bonds is 4. The maximum Gasteiger partial charge on any atom is 0.167 e. The minimum absolute atomic E-state index is 0. The van der Waals surface area contributed by atoms with Gasteiger partial charge in [0.2, 0.25) is 0 Å². The van der Waals surface area contributed by atoms with Crippen LogP contribution in [0.4, 0.5) is 11.6 Å². The zero-order chi connectivity index (χ0) is 32.4. The second kappa shape index (κ2) is 14.7. The molecule has 4 aromatic heterocycles. The van der Waals surface area contributed by atoms with Crippen LogP contribution in [0.1, 0.15) is 53.0 Å². The van der Waals surface area contributed by atoms with Crippen molar-refractivity contribution < 1.29 is 68.9 Å². The van der Waals surface area contributed by atoms with E-state index in [4.69, 9.17) is 38.9 Å². The number of aliphatic hydroxyl groups excluding tert-OH is 3. The average molecular weight is 834 g/mol. The fraction of sp³-hybridized carbons (Fsp3) is 0.517. The Morgan fingerprint density at radius 2 is 1.11 bits per heavy atom. The quantitative estimate of drug-likeness (QED) is 0.182. The van der Waals surface area contributed by atoms with E-state index in [1.54, 1.807) is 21.8 Å². The van der Waals surface area contributed by atoms with Gasteiger partial charge in [0, 0.05) is 63.0 Å². The van der Waals surface area contributed by atoms with E-state index < -0.39 is 35.9 Å². The van der Waals surface area contributed by atoms with E-state index in [1.165, 1.54) is 12.7 Å².